The monoisotopic (exact) mass is 285 g/mol. The van der Waals surface area contributed by atoms with Crippen LogP contribution in [0.25, 0.3) is 0 Å². The van der Waals surface area contributed by atoms with Gasteiger partial charge in [0.1, 0.15) is 5.41 Å². The van der Waals surface area contributed by atoms with Gasteiger partial charge in [-0.05, 0) is 17.7 Å². The number of halogens is 1. The molecule has 18 heavy (non-hydrogen) atoms. The molecule has 0 amide bonds. The first kappa shape index (κ1) is 13.3. The van der Waals surface area contributed by atoms with Crippen LogP contribution in [0.2, 0.25) is 5.02 Å². The lowest BCUT2D eigenvalue weighted by Crippen LogP contribution is -2.16. The summed E-state index contributed by atoms with van der Waals surface area (Å²) in [6.45, 7) is -0.474. The fourth-order valence-corrected chi connectivity index (χ4v) is 4.62. The standard InChI is InChI=1S/C12H12ClNO3S/c1-18(16,17)11-10(12(11,6-14)7-15)8-3-2-4-9(13)5-8/h2-5,10-11,15H,7H2,1H3/t10-,11-,12-/m1/s1. The summed E-state index contributed by atoms with van der Waals surface area (Å²) < 4.78 is 23.4. The number of aliphatic hydroxyl groups is 1. The summed E-state index contributed by atoms with van der Waals surface area (Å²) in [5, 5.41) is 18.2. The van der Waals surface area contributed by atoms with Crippen LogP contribution in [0.4, 0.5) is 0 Å². The van der Waals surface area contributed by atoms with Gasteiger partial charge in [0.25, 0.3) is 0 Å². The van der Waals surface area contributed by atoms with E-state index in [4.69, 9.17) is 11.6 Å². The summed E-state index contributed by atoms with van der Waals surface area (Å²) in [7, 11) is -3.40. The molecule has 96 valence electrons. The summed E-state index contributed by atoms with van der Waals surface area (Å²) in [5.41, 5.74) is -0.563. The van der Waals surface area contributed by atoms with Crippen molar-refractivity contribution < 1.29 is 13.5 Å². The maximum absolute atomic E-state index is 11.7. The molecule has 2 rings (SSSR count). The summed E-state index contributed by atoms with van der Waals surface area (Å²) in [6.07, 6.45) is 1.09. The van der Waals surface area contributed by atoms with Crippen LogP contribution in [-0.2, 0) is 9.84 Å². The van der Waals surface area contributed by atoms with Crippen LogP contribution in [0.5, 0.6) is 0 Å². The summed E-state index contributed by atoms with van der Waals surface area (Å²) >= 11 is 5.86. The molecule has 1 saturated carbocycles. The maximum Gasteiger partial charge on any atom is 0.152 e. The summed E-state index contributed by atoms with van der Waals surface area (Å²) in [4.78, 5) is 0. The highest BCUT2D eigenvalue weighted by Crippen LogP contribution is 2.62. The summed E-state index contributed by atoms with van der Waals surface area (Å²) in [5.74, 6) is -0.513. The van der Waals surface area contributed by atoms with Crippen molar-refractivity contribution in [1.29, 1.82) is 5.26 Å². The Morgan fingerprint density at radius 2 is 2.22 bits per heavy atom. The number of nitriles is 1. The van der Waals surface area contributed by atoms with Gasteiger partial charge in [-0.1, -0.05) is 23.7 Å². The van der Waals surface area contributed by atoms with Crippen molar-refractivity contribution >= 4 is 21.4 Å². The zero-order chi connectivity index (χ0) is 13.6. The third-order valence-corrected chi connectivity index (χ3v) is 5.25. The lowest BCUT2D eigenvalue weighted by molar-refractivity contribution is 0.242. The lowest BCUT2D eigenvalue weighted by atomic mass is 10.0. The molecular formula is C12H12ClNO3S. The molecule has 0 bridgehead atoms. The van der Waals surface area contributed by atoms with Gasteiger partial charge in [-0.2, -0.15) is 5.26 Å². The Kier molecular flexibility index (Phi) is 3.14. The molecule has 0 radical (unpaired) electrons. The number of hydrogen-bond donors (Lipinski definition) is 1. The zero-order valence-electron chi connectivity index (χ0n) is 9.67. The van der Waals surface area contributed by atoms with Crippen molar-refractivity contribution in [3.8, 4) is 6.07 Å². The predicted molar refractivity (Wildman–Crippen MR) is 68.0 cm³/mol. The molecule has 0 unspecified atom stereocenters. The second-order valence-electron chi connectivity index (χ2n) is 4.59. The Hall–Kier alpha value is -1.09. The van der Waals surface area contributed by atoms with E-state index in [1.807, 2.05) is 6.07 Å². The molecule has 4 nitrogen and oxygen atoms in total. The van der Waals surface area contributed by atoms with Crippen LogP contribution in [-0.4, -0.2) is 31.6 Å². The molecule has 0 saturated heterocycles. The molecule has 6 heteroatoms. The fourth-order valence-electron chi connectivity index (χ4n) is 2.56. The minimum atomic E-state index is -3.40. The highest BCUT2D eigenvalue weighted by molar-refractivity contribution is 7.91. The highest BCUT2D eigenvalue weighted by Gasteiger charge is 2.70. The van der Waals surface area contributed by atoms with Gasteiger partial charge in [-0.25, -0.2) is 8.42 Å². The minimum absolute atomic E-state index is 0.474. The minimum Gasteiger partial charge on any atom is -0.395 e. The topological polar surface area (TPSA) is 78.2 Å². The van der Waals surface area contributed by atoms with E-state index in [9.17, 15) is 18.8 Å². The number of rotatable bonds is 3. The first-order chi connectivity index (χ1) is 8.36. The van der Waals surface area contributed by atoms with E-state index in [0.29, 0.717) is 10.6 Å². The van der Waals surface area contributed by atoms with Crippen LogP contribution in [0.3, 0.4) is 0 Å². The maximum atomic E-state index is 11.7. The smallest absolute Gasteiger partial charge is 0.152 e. The van der Waals surface area contributed by atoms with Gasteiger partial charge >= 0.3 is 0 Å². The number of nitrogens with zero attached hydrogens (tertiary/aromatic N) is 1. The second-order valence-corrected chi connectivity index (χ2v) is 7.20. The quantitative estimate of drug-likeness (QED) is 0.909. The van der Waals surface area contributed by atoms with Crippen LogP contribution < -0.4 is 0 Å². The Morgan fingerprint density at radius 3 is 2.61 bits per heavy atom. The normalized spacial score (nSPS) is 30.8. The molecule has 1 N–H and O–H groups in total. The molecule has 1 aromatic carbocycles. The van der Waals surface area contributed by atoms with E-state index in [0.717, 1.165) is 6.26 Å². The number of hydrogen-bond acceptors (Lipinski definition) is 4. The van der Waals surface area contributed by atoms with Crippen LogP contribution in [0.1, 0.15) is 11.5 Å². The Morgan fingerprint density at radius 1 is 1.56 bits per heavy atom. The molecular weight excluding hydrogens is 274 g/mol. The Bertz CT molecular complexity index is 622. The van der Waals surface area contributed by atoms with E-state index >= 15 is 0 Å². The molecule has 0 spiro atoms. The largest absolute Gasteiger partial charge is 0.395 e. The van der Waals surface area contributed by atoms with Crippen molar-refractivity contribution in [2.75, 3.05) is 12.9 Å². The third-order valence-electron chi connectivity index (χ3n) is 3.40. The molecule has 0 heterocycles. The Balaban J connectivity index is 2.49. The average molecular weight is 286 g/mol. The van der Waals surface area contributed by atoms with Gasteiger partial charge in [-0.3, -0.25) is 0 Å². The molecule has 0 aliphatic heterocycles. The van der Waals surface area contributed by atoms with E-state index in [2.05, 4.69) is 0 Å². The fraction of sp³-hybridized carbons (Fsp3) is 0.417. The van der Waals surface area contributed by atoms with Crippen LogP contribution in [0, 0.1) is 16.7 Å². The number of aliphatic hydroxyl groups excluding tert-OH is 1. The third kappa shape index (κ3) is 1.91. The van der Waals surface area contributed by atoms with Gasteiger partial charge in [0, 0.05) is 17.2 Å². The van der Waals surface area contributed by atoms with Gasteiger partial charge in [-0.15, -0.1) is 0 Å². The molecule has 1 fully saturated rings. The van der Waals surface area contributed by atoms with Crippen LogP contribution >= 0.6 is 11.6 Å². The second kappa shape index (κ2) is 4.23. The molecule has 3 atom stereocenters. The molecule has 0 aromatic heterocycles. The Labute approximate surface area is 111 Å². The van der Waals surface area contributed by atoms with E-state index in [1.165, 1.54) is 0 Å². The van der Waals surface area contributed by atoms with Crippen molar-refractivity contribution in [3.63, 3.8) is 0 Å². The average Bonchev–Trinajstić information content (AvgIpc) is 2.98. The lowest BCUT2D eigenvalue weighted by Gasteiger charge is -2.03. The van der Waals surface area contributed by atoms with Gasteiger partial charge in [0.05, 0.1) is 17.9 Å². The van der Waals surface area contributed by atoms with Gasteiger partial charge in [0.15, 0.2) is 9.84 Å². The van der Waals surface area contributed by atoms with Crippen molar-refractivity contribution in [3.05, 3.63) is 34.9 Å². The van der Waals surface area contributed by atoms with Gasteiger partial charge in [0.2, 0.25) is 0 Å². The van der Waals surface area contributed by atoms with Crippen molar-refractivity contribution in [2.24, 2.45) is 5.41 Å². The number of benzene rings is 1. The van der Waals surface area contributed by atoms with E-state index in [1.54, 1.807) is 24.3 Å². The molecule has 1 aliphatic carbocycles. The van der Waals surface area contributed by atoms with Crippen molar-refractivity contribution in [1.82, 2.24) is 0 Å². The highest BCUT2D eigenvalue weighted by atomic mass is 35.5. The summed E-state index contributed by atoms with van der Waals surface area (Å²) in [6, 6.07) is 8.70. The number of sulfone groups is 1. The first-order valence-electron chi connectivity index (χ1n) is 5.33. The first-order valence-corrected chi connectivity index (χ1v) is 7.66. The van der Waals surface area contributed by atoms with E-state index < -0.39 is 33.0 Å². The van der Waals surface area contributed by atoms with Gasteiger partial charge < -0.3 is 5.11 Å². The molecule has 1 aliphatic rings. The van der Waals surface area contributed by atoms with Crippen molar-refractivity contribution in [2.45, 2.75) is 11.2 Å². The molecule has 1 aromatic rings. The SMILES string of the molecule is CS(=O)(=O)[C@@H]1[C@@H](c2cccc(Cl)c2)[C@@]1(C#N)CO. The predicted octanol–water partition coefficient (Wildman–Crippen LogP) is 1.35. The van der Waals surface area contributed by atoms with E-state index in [-0.39, 0.29) is 0 Å². The van der Waals surface area contributed by atoms with Crippen LogP contribution in [0.15, 0.2) is 24.3 Å². The zero-order valence-corrected chi connectivity index (χ0v) is 11.2.